The molecule has 1 spiro atoms. The van der Waals surface area contributed by atoms with Crippen molar-refractivity contribution >= 4 is 21.8 Å². The first-order chi connectivity index (χ1) is 18.6. The minimum atomic E-state index is -3.24. The number of carbonyl (C=O) groups excluding carboxylic acids is 2. The van der Waals surface area contributed by atoms with E-state index in [9.17, 15) is 18.0 Å². The van der Waals surface area contributed by atoms with Crippen LogP contribution >= 0.6 is 0 Å². The van der Waals surface area contributed by atoms with Gasteiger partial charge in [0.05, 0.1) is 30.1 Å². The molecule has 10 heteroatoms. The molecule has 2 aliphatic heterocycles. The lowest BCUT2D eigenvalue weighted by atomic mass is 9.77. The largest absolute Gasteiger partial charge is 0.496 e. The third-order valence-electron chi connectivity index (χ3n) is 7.96. The number of hydrogen-bond donors (Lipinski definition) is 1. The predicted molar refractivity (Wildman–Crippen MR) is 148 cm³/mol. The molecule has 2 fully saturated rings. The maximum absolute atomic E-state index is 13.5. The van der Waals surface area contributed by atoms with E-state index in [0.29, 0.717) is 26.1 Å². The van der Waals surface area contributed by atoms with Crippen molar-refractivity contribution in [3.05, 3.63) is 59.7 Å². The normalized spacial score (nSPS) is 18.2. The highest BCUT2D eigenvalue weighted by Crippen LogP contribution is 2.42. The smallest absolute Gasteiger partial charge is 0.407 e. The van der Waals surface area contributed by atoms with E-state index in [-0.39, 0.29) is 22.3 Å². The maximum Gasteiger partial charge on any atom is 0.407 e. The summed E-state index contributed by atoms with van der Waals surface area (Å²) in [5, 5.41) is 2.98. The number of likely N-dealkylation sites (tertiary alicyclic amines) is 2. The Morgan fingerprint density at radius 2 is 1.72 bits per heavy atom. The van der Waals surface area contributed by atoms with E-state index in [1.165, 1.54) is 6.26 Å². The third-order valence-corrected chi connectivity index (χ3v) is 9.08. The fourth-order valence-corrected chi connectivity index (χ4v) is 6.29. The van der Waals surface area contributed by atoms with Gasteiger partial charge in [-0.15, -0.1) is 0 Å². The maximum atomic E-state index is 13.5. The molecule has 2 aromatic rings. The van der Waals surface area contributed by atoms with Crippen LogP contribution < -0.4 is 10.1 Å². The van der Waals surface area contributed by atoms with E-state index in [0.717, 1.165) is 55.8 Å². The highest BCUT2D eigenvalue weighted by Gasteiger charge is 2.47. The average Bonchev–Trinajstić information content (AvgIpc) is 3.21. The zero-order chi connectivity index (χ0) is 28.0. The van der Waals surface area contributed by atoms with Gasteiger partial charge in [0.2, 0.25) is 5.91 Å². The number of hydrogen-bond acceptors (Lipinski definition) is 7. The number of amides is 2. The molecule has 2 aromatic carbocycles. The Bertz CT molecular complexity index is 1260. The zero-order valence-electron chi connectivity index (χ0n) is 23.0. The van der Waals surface area contributed by atoms with Crippen LogP contribution in [0.5, 0.6) is 5.75 Å². The number of methoxy groups -OCH3 is 1. The van der Waals surface area contributed by atoms with Crippen LogP contribution in [0, 0.1) is 5.41 Å². The van der Waals surface area contributed by atoms with Gasteiger partial charge in [-0.2, -0.15) is 0 Å². The minimum Gasteiger partial charge on any atom is -0.496 e. The highest BCUT2D eigenvalue weighted by atomic mass is 32.2. The van der Waals surface area contributed by atoms with Crippen molar-refractivity contribution < 1.29 is 27.5 Å². The second-order valence-electron chi connectivity index (χ2n) is 10.5. The molecule has 0 radical (unpaired) electrons. The first-order valence-corrected chi connectivity index (χ1v) is 15.4. The second-order valence-corrected chi connectivity index (χ2v) is 12.5. The Hall–Kier alpha value is -3.11. The van der Waals surface area contributed by atoms with Crippen LogP contribution in [0.2, 0.25) is 0 Å². The van der Waals surface area contributed by atoms with Gasteiger partial charge in [0, 0.05) is 31.5 Å². The SMILES string of the molecule is CCOC(=O)NC(CCN1CCC2(CC1)CCN(Cc1ccc(S(C)(=O)=O)cc1)C2=O)c1ccccc1OC. The molecule has 9 nitrogen and oxygen atoms in total. The second kappa shape index (κ2) is 12.4. The lowest BCUT2D eigenvalue weighted by molar-refractivity contribution is -0.138. The number of sulfone groups is 1. The van der Waals surface area contributed by atoms with Gasteiger partial charge in [0.15, 0.2) is 9.84 Å². The summed E-state index contributed by atoms with van der Waals surface area (Å²) < 4.78 is 34.1. The van der Waals surface area contributed by atoms with Gasteiger partial charge in [-0.05, 0) is 69.5 Å². The van der Waals surface area contributed by atoms with Crippen LogP contribution in [-0.2, 0) is 25.9 Å². The molecule has 1 unspecified atom stereocenters. The van der Waals surface area contributed by atoms with Crippen molar-refractivity contribution in [3.63, 3.8) is 0 Å². The monoisotopic (exact) mass is 557 g/mol. The van der Waals surface area contributed by atoms with Crippen LogP contribution in [0.4, 0.5) is 4.79 Å². The molecule has 0 aromatic heterocycles. The van der Waals surface area contributed by atoms with Gasteiger partial charge in [-0.1, -0.05) is 30.3 Å². The van der Waals surface area contributed by atoms with E-state index in [1.54, 1.807) is 38.3 Å². The first kappa shape index (κ1) is 28.9. The molecule has 0 bridgehead atoms. The van der Waals surface area contributed by atoms with Gasteiger partial charge in [-0.25, -0.2) is 13.2 Å². The van der Waals surface area contributed by atoms with Crippen LogP contribution in [0.15, 0.2) is 53.4 Å². The number of carbonyl (C=O) groups is 2. The Morgan fingerprint density at radius 3 is 2.36 bits per heavy atom. The highest BCUT2D eigenvalue weighted by molar-refractivity contribution is 7.90. The first-order valence-electron chi connectivity index (χ1n) is 13.5. The number of piperidine rings is 1. The number of rotatable bonds is 10. The van der Waals surface area contributed by atoms with Crippen LogP contribution in [0.3, 0.4) is 0 Å². The van der Waals surface area contributed by atoms with Crippen LogP contribution in [0.1, 0.15) is 49.8 Å². The summed E-state index contributed by atoms with van der Waals surface area (Å²) in [6.07, 6.45) is 3.89. The molecule has 1 atom stereocenters. The van der Waals surface area contributed by atoms with Gasteiger partial charge in [-0.3, -0.25) is 4.79 Å². The molecular formula is C29H39N3O6S. The fraction of sp³-hybridized carbons (Fsp3) is 0.517. The van der Waals surface area contributed by atoms with E-state index in [1.807, 2.05) is 29.2 Å². The summed E-state index contributed by atoms with van der Waals surface area (Å²) in [5.74, 6) is 0.921. The molecule has 1 N–H and O–H groups in total. The Labute approximate surface area is 231 Å². The van der Waals surface area contributed by atoms with Crippen molar-refractivity contribution in [1.29, 1.82) is 0 Å². The topological polar surface area (TPSA) is 105 Å². The molecule has 39 heavy (non-hydrogen) atoms. The van der Waals surface area contributed by atoms with E-state index >= 15 is 0 Å². The summed E-state index contributed by atoms with van der Waals surface area (Å²) >= 11 is 0. The average molecular weight is 558 g/mol. The van der Waals surface area contributed by atoms with Crippen molar-refractivity contribution in [3.8, 4) is 5.75 Å². The molecule has 4 rings (SSSR count). The van der Waals surface area contributed by atoms with Crippen molar-refractivity contribution in [2.24, 2.45) is 5.41 Å². The number of benzene rings is 2. The van der Waals surface area contributed by atoms with Crippen molar-refractivity contribution in [1.82, 2.24) is 15.1 Å². The number of alkyl carbamates (subject to hydrolysis) is 1. The van der Waals surface area contributed by atoms with E-state index in [4.69, 9.17) is 9.47 Å². The molecule has 2 aliphatic rings. The molecule has 2 amide bonds. The molecular weight excluding hydrogens is 518 g/mol. The summed E-state index contributed by atoms with van der Waals surface area (Å²) in [6.45, 7) is 5.70. The number of nitrogens with zero attached hydrogens (tertiary/aromatic N) is 2. The van der Waals surface area contributed by atoms with Crippen molar-refractivity contribution in [2.75, 3.05) is 46.2 Å². The summed E-state index contributed by atoms with van der Waals surface area (Å²) in [7, 11) is -1.62. The summed E-state index contributed by atoms with van der Waals surface area (Å²) in [4.78, 5) is 30.3. The van der Waals surface area contributed by atoms with Gasteiger partial charge < -0.3 is 24.6 Å². The number of para-hydroxylation sites is 1. The number of ether oxygens (including phenoxy) is 2. The molecule has 0 aliphatic carbocycles. The molecule has 0 saturated carbocycles. The summed E-state index contributed by atoms with van der Waals surface area (Å²) in [5.41, 5.74) is 1.52. The standard InChI is InChI=1S/C29H39N3O6S/c1-4-38-28(34)30-25(24-7-5-6-8-26(24)37-2)13-17-31-18-14-29(15-19-31)16-20-32(27(29)33)21-22-9-11-23(12-10-22)39(3,35)36/h5-12,25H,4,13-21H2,1-3H3,(H,30,34). The van der Waals surface area contributed by atoms with Gasteiger partial charge in [0.25, 0.3) is 0 Å². The zero-order valence-corrected chi connectivity index (χ0v) is 23.8. The minimum absolute atomic E-state index is 0.199. The number of nitrogens with one attached hydrogen (secondary N) is 1. The van der Waals surface area contributed by atoms with Gasteiger partial charge >= 0.3 is 6.09 Å². The van der Waals surface area contributed by atoms with Crippen molar-refractivity contribution in [2.45, 2.75) is 50.1 Å². The Morgan fingerprint density at radius 1 is 1.05 bits per heavy atom. The summed E-state index contributed by atoms with van der Waals surface area (Å²) in [6, 6.07) is 14.2. The van der Waals surface area contributed by atoms with E-state index < -0.39 is 15.9 Å². The predicted octanol–water partition coefficient (Wildman–Crippen LogP) is 3.79. The van der Waals surface area contributed by atoms with Crippen LogP contribution in [-0.4, -0.2) is 76.4 Å². The van der Waals surface area contributed by atoms with Gasteiger partial charge in [0.1, 0.15) is 5.75 Å². The lowest BCUT2D eigenvalue weighted by Gasteiger charge is -2.38. The molecule has 212 valence electrons. The van der Waals surface area contributed by atoms with E-state index in [2.05, 4.69) is 10.2 Å². The van der Waals surface area contributed by atoms with Crippen LogP contribution in [0.25, 0.3) is 0 Å². The quantitative estimate of drug-likeness (QED) is 0.474. The molecule has 2 heterocycles. The Kier molecular flexibility index (Phi) is 9.17. The third kappa shape index (κ3) is 6.91. The molecule has 2 saturated heterocycles. The fourth-order valence-electron chi connectivity index (χ4n) is 5.66. The Balaban J connectivity index is 1.33. The lowest BCUT2D eigenvalue weighted by Crippen LogP contribution is -2.45.